The Bertz CT molecular complexity index is 1330. The fourth-order valence-corrected chi connectivity index (χ4v) is 6.80. The minimum absolute atomic E-state index is 0.129. The zero-order chi connectivity index (χ0) is 23.4. The number of benzene rings is 2. The average molecular weight is 486 g/mol. The van der Waals surface area contributed by atoms with Crippen LogP contribution < -0.4 is 15.2 Å². The van der Waals surface area contributed by atoms with Gasteiger partial charge in [0.05, 0.1) is 23.2 Å². The lowest BCUT2D eigenvalue weighted by atomic mass is 9.73. The Morgan fingerprint density at radius 1 is 1.03 bits per heavy atom. The van der Waals surface area contributed by atoms with Crippen LogP contribution in [0.15, 0.2) is 63.6 Å². The van der Waals surface area contributed by atoms with Crippen LogP contribution >= 0.6 is 11.8 Å². The third-order valence-electron chi connectivity index (χ3n) is 7.82. The molecule has 178 valence electrons. The molecule has 2 N–H and O–H groups in total. The van der Waals surface area contributed by atoms with Gasteiger partial charge in [-0.05, 0) is 47.9 Å². The van der Waals surface area contributed by atoms with Crippen LogP contribution in [0.5, 0.6) is 11.5 Å². The molecule has 1 fully saturated rings. The van der Waals surface area contributed by atoms with Gasteiger partial charge in [-0.25, -0.2) is 15.0 Å². The molecule has 0 bridgehead atoms. The van der Waals surface area contributed by atoms with Crippen molar-refractivity contribution in [2.45, 2.75) is 41.6 Å². The lowest BCUT2D eigenvalue weighted by Crippen LogP contribution is -2.46. The van der Waals surface area contributed by atoms with Crippen LogP contribution in [-0.2, 0) is 12.8 Å². The summed E-state index contributed by atoms with van der Waals surface area (Å²) in [5.74, 6) is 3.39. The number of hydrogen-bond donors (Lipinski definition) is 1. The molecule has 3 aromatic rings. The highest BCUT2D eigenvalue weighted by molar-refractivity contribution is 7.99. The van der Waals surface area contributed by atoms with Crippen molar-refractivity contribution < 1.29 is 9.47 Å². The molecular weight excluding hydrogens is 458 g/mol. The number of ether oxygens (including phenoxy) is 2. The molecular formula is C27H27N5O2S. The van der Waals surface area contributed by atoms with Crippen LogP contribution in [0.3, 0.4) is 0 Å². The van der Waals surface area contributed by atoms with E-state index in [4.69, 9.17) is 25.2 Å². The van der Waals surface area contributed by atoms with Crippen molar-refractivity contribution in [2.75, 3.05) is 26.3 Å². The molecule has 4 aliphatic rings. The highest BCUT2D eigenvalue weighted by Crippen LogP contribution is 2.51. The third-order valence-corrected chi connectivity index (χ3v) is 8.77. The number of nitrogens with two attached hydrogens (primary N) is 1. The van der Waals surface area contributed by atoms with Gasteiger partial charge in [-0.15, -0.1) is 0 Å². The number of nitrogens with zero attached hydrogens (tertiary/aromatic N) is 4. The topological polar surface area (TPSA) is 85.9 Å². The van der Waals surface area contributed by atoms with Crippen molar-refractivity contribution in [3.05, 3.63) is 65.5 Å². The molecule has 8 heteroatoms. The van der Waals surface area contributed by atoms with Gasteiger partial charge in [-0.3, -0.25) is 0 Å². The van der Waals surface area contributed by atoms with E-state index in [2.05, 4.69) is 34.1 Å². The van der Waals surface area contributed by atoms with Crippen molar-refractivity contribution >= 4 is 23.4 Å². The number of fused-ring (bicyclic) bond motifs is 3. The fraction of sp³-hybridized carbons (Fsp3) is 0.370. The van der Waals surface area contributed by atoms with E-state index in [1.165, 1.54) is 11.1 Å². The monoisotopic (exact) mass is 485 g/mol. The summed E-state index contributed by atoms with van der Waals surface area (Å²) in [5, 5.41) is 0.843. The molecule has 7 rings (SSSR count). The SMILES string of the molecule is N[C@@H]1c2ccccc2CC12CCN(C1=Nc3ncc(Sc4cccc5c4OCCO5)nc3C1)CC2. The van der Waals surface area contributed by atoms with Crippen molar-refractivity contribution in [1.29, 1.82) is 0 Å². The maximum atomic E-state index is 6.76. The normalized spacial score (nSPS) is 21.6. The molecule has 1 saturated heterocycles. The summed E-state index contributed by atoms with van der Waals surface area (Å²) in [7, 11) is 0. The summed E-state index contributed by atoms with van der Waals surface area (Å²) in [6.45, 7) is 3.09. The smallest absolute Gasteiger partial charge is 0.176 e. The van der Waals surface area contributed by atoms with Gasteiger partial charge in [0, 0.05) is 19.1 Å². The number of likely N-dealkylation sites (tertiary alicyclic amines) is 1. The molecule has 1 spiro atoms. The summed E-state index contributed by atoms with van der Waals surface area (Å²) in [6.07, 6.45) is 5.79. The Hall–Kier alpha value is -3.10. The standard InChI is InChI=1S/C27H27N5O2S/c28-25-18-5-2-1-4-17(18)15-27(25)8-10-32(11-9-27)22-14-19-26(31-22)29-16-23(30-19)35-21-7-3-6-20-24(21)34-13-12-33-20/h1-7,16,25H,8-15,28H2/t25-/m1/s1. The van der Waals surface area contributed by atoms with E-state index in [9.17, 15) is 0 Å². The first-order valence-corrected chi connectivity index (χ1v) is 13.1. The van der Waals surface area contributed by atoms with Gasteiger partial charge < -0.3 is 20.1 Å². The zero-order valence-electron chi connectivity index (χ0n) is 19.4. The van der Waals surface area contributed by atoms with Crippen molar-refractivity contribution in [3.8, 4) is 11.5 Å². The van der Waals surface area contributed by atoms with E-state index in [-0.39, 0.29) is 11.5 Å². The van der Waals surface area contributed by atoms with Crippen molar-refractivity contribution in [3.63, 3.8) is 0 Å². The predicted molar refractivity (Wildman–Crippen MR) is 135 cm³/mol. The van der Waals surface area contributed by atoms with Crippen molar-refractivity contribution in [2.24, 2.45) is 16.1 Å². The second kappa shape index (κ2) is 8.24. The highest BCUT2D eigenvalue weighted by atomic mass is 32.2. The molecule has 0 radical (unpaired) electrons. The highest BCUT2D eigenvalue weighted by Gasteiger charge is 2.46. The van der Waals surface area contributed by atoms with E-state index < -0.39 is 0 Å². The summed E-state index contributed by atoms with van der Waals surface area (Å²) < 4.78 is 11.6. The first-order chi connectivity index (χ1) is 17.2. The van der Waals surface area contributed by atoms with Gasteiger partial charge >= 0.3 is 0 Å². The van der Waals surface area contributed by atoms with Gasteiger partial charge in [-0.1, -0.05) is 42.1 Å². The lowest BCUT2D eigenvalue weighted by molar-refractivity contribution is 0.127. The molecule has 1 atom stereocenters. The Labute approximate surface area is 208 Å². The van der Waals surface area contributed by atoms with Gasteiger partial charge in [0.25, 0.3) is 0 Å². The van der Waals surface area contributed by atoms with E-state index in [1.807, 2.05) is 18.2 Å². The zero-order valence-corrected chi connectivity index (χ0v) is 20.3. The maximum absolute atomic E-state index is 6.76. The second-order valence-electron chi connectivity index (χ2n) is 9.77. The fourth-order valence-electron chi connectivity index (χ4n) is 5.91. The van der Waals surface area contributed by atoms with Gasteiger partial charge in [0.15, 0.2) is 17.3 Å². The Morgan fingerprint density at radius 2 is 1.89 bits per heavy atom. The number of rotatable bonds is 2. The number of para-hydroxylation sites is 1. The Kier molecular flexibility index (Phi) is 4.99. The number of aromatic nitrogens is 2. The molecule has 0 saturated carbocycles. The summed E-state index contributed by atoms with van der Waals surface area (Å²) in [6, 6.07) is 14.8. The van der Waals surface area contributed by atoms with Gasteiger partial charge in [0.2, 0.25) is 0 Å². The predicted octanol–water partition coefficient (Wildman–Crippen LogP) is 4.32. The van der Waals surface area contributed by atoms with E-state index in [1.54, 1.807) is 18.0 Å². The minimum atomic E-state index is 0.129. The van der Waals surface area contributed by atoms with Crippen molar-refractivity contribution in [1.82, 2.24) is 14.9 Å². The third kappa shape index (κ3) is 3.58. The van der Waals surface area contributed by atoms with Crippen LogP contribution in [0.4, 0.5) is 5.82 Å². The molecule has 4 heterocycles. The molecule has 0 amide bonds. The summed E-state index contributed by atoms with van der Waals surface area (Å²) in [4.78, 5) is 17.8. The second-order valence-corrected chi connectivity index (χ2v) is 10.8. The van der Waals surface area contributed by atoms with Crippen LogP contribution in [0.25, 0.3) is 0 Å². The maximum Gasteiger partial charge on any atom is 0.176 e. The number of aliphatic imine (C=N–C) groups is 1. The van der Waals surface area contributed by atoms with Gasteiger partial charge in [0.1, 0.15) is 24.1 Å². The van der Waals surface area contributed by atoms with Crippen LogP contribution in [0, 0.1) is 5.41 Å². The first-order valence-electron chi connectivity index (χ1n) is 12.3. The summed E-state index contributed by atoms with van der Waals surface area (Å²) in [5.41, 5.74) is 10.6. The molecule has 0 unspecified atom stereocenters. The first kappa shape index (κ1) is 21.2. The average Bonchev–Trinajstić information content (AvgIpc) is 3.44. The van der Waals surface area contributed by atoms with E-state index in [0.717, 1.165) is 77.5 Å². The minimum Gasteiger partial charge on any atom is -0.486 e. The number of hydrogen-bond acceptors (Lipinski definition) is 8. The van der Waals surface area contributed by atoms with Crippen LogP contribution in [-0.4, -0.2) is 47.0 Å². The molecule has 1 aromatic heterocycles. The Morgan fingerprint density at radius 3 is 2.77 bits per heavy atom. The molecule has 3 aliphatic heterocycles. The largest absolute Gasteiger partial charge is 0.486 e. The van der Waals surface area contributed by atoms with Gasteiger partial charge in [-0.2, -0.15) is 0 Å². The molecule has 35 heavy (non-hydrogen) atoms. The molecule has 2 aromatic carbocycles. The number of amidine groups is 1. The molecule has 1 aliphatic carbocycles. The lowest BCUT2D eigenvalue weighted by Gasteiger charge is -2.43. The summed E-state index contributed by atoms with van der Waals surface area (Å²) >= 11 is 1.55. The van der Waals surface area contributed by atoms with E-state index in [0.29, 0.717) is 13.2 Å². The van der Waals surface area contributed by atoms with Crippen LogP contribution in [0.2, 0.25) is 0 Å². The number of piperidine rings is 1. The van der Waals surface area contributed by atoms with Crippen LogP contribution in [0.1, 0.15) is 35.7 Å². The van der Waals surface area contributed by atoms with E-state index >= 15 is 0 Å². The Balaban J connectivity index is 1.04. The molecule has 7 nitrogen and oxygen atoms in total. The quantitative estimate of drug-likeness (QED) is 0.578.